The Bertz CT molecular complexity index is 988. The van der Waals surface area contributed by atoms with E-state index in [2.05, 4.69) is 15.3 Å². The fourth-order valence-electron chi connectivity index (χ4n) is 2.29. The number of aromatic nitrogens is 4. The Morgan fingerprint density at radius 3 is 2.96 bits per heavy atom. The van der Waals surface area contributed by atoms with Gasteiger partial charge in [0.15, 0.2) is 6.10 Å². The molecule has 0 N–H and O–H groups in total. The van der Waals surface area contributed by atoms with Gasteiger partial charge in [-0.2, -0.15) is 5.10 Å². The maximum Gasteiger partial charge on any atom is 0.375 e. The Hall–Kier alpha value is -3.20. The first-order chi connectivity index (χ1) is 12.7. The van der Waals surface area contributed by atoms with Gasteiger partial charge >= 0.3 is 5.97 Å². The van der Waals surface area contributed by atoms with Crippen LogP contribution in [0.3, 0.4) is 0 Å². The molecule has 4 aromatic heterocycles. The number of nitrogens with zero attached hydrogens (tertiary/aromatic N) is 4. The number of thiophene rings is 1. The molecule has 0 radical (unpaired) electrons. The SMILES string of the molecule is CC(OC(=O)c1ccc(Cn2cccn2)o1)c1nnc(-c2cccs2)o1. The summed E-state index contributed by atoms with van der Waals surface area (Å²) in [5.41, 5.74) is 0. The first kappa shape index (κ1) is 16.3. The molecule has 26 heavy (non-hydrogen) atoms. The van der Waals surface area contributed by atoms with Crippen LogP contribution in [0.1, 0.15) is 35.2 Å². The monoisotopic (exact) mass is 370 g/mol. The summed E-state index contributed by atoms with van der Waals surface area (Å²) in [5, 5.41) is 13.9. The Balaban J connectivity index is 1.40. The third-order valence-corrected chi connectivity index (χ3v) is 4.40. The standard InChI is InChI=1S/C17H14N4O4S/c1-11(15-19-20-16(25-15)14-4-2-9-26-14)23-17(22)13-6-5-12(24-13)10-21-8-3-7-18-21/h2-9,11H,10H2,1H3. The Morgan fingerprint density at radius 1 is 1.27 bits per heavy atom. The average molecular weight is 370 g/mol. The molecule has 1 atom stereocenters. The van der Waals surface area contributed by atoms with Crippen LogP contribution in [0, 0.1) is 0 Å². The molecule has 1 unspecified atom stereocenters. The van der Waals surface area contributed by atoms with Crippen molar-refractivity contribution in [3.8, 4) is 10.8 Å². The number of rotatable bonds is 6. The normalized spacial score (nSPS) is 12.2. The van der Waals surface area contributed by atoms with Crippen LogP contribution in [0.4, 0.5) is 0 Å². The summed E-state index contributed by atoms with van der Waals surface area (Å²) >= 11 is 1.49. The van der Waals surface area contributed by atoms with Crippen molar-refractivity contribution < 1.29 is 18.4 Å². The van der Waals surface area contributed by atoms with Crippen molar-refractivity contribution in [2.75, 3.05) is 0 Å². The van der Waals surface area contributed by atoms with Crippen LogP contribution in [-0.4, -0.2) is 25.9 Å². The van der Waals surface area contributed by atoms with Crippen LogP contribution in [-0.2, 0) is 11.3 Å². The van der Waals surface area contributed by atoms with Crippen molar-refractivity contribution in [3.05, 3.63) is 65.5 Å². The van der Waals surface area contributed by atoms with Crippen LogP contribution in [0.25, 0.3) is 10.8 Å². The van der Waals surface area contributed by atoms with Gasteiger partial charge in [0, 0.05) is 12.4 Å². The molecule has 9 heteroatoms. The van der Waals surface area contributed by atoms with E-state index in [0.29, 0.717) is 18.2 Å². The summed E-state index contributed by atoms with van der Waals surface area (Å²) in [4.78, 5) is 13.1. The highest BCUT2D eigenvalue weighted by Crippen LogP contribution is 2.26. The lowest BCUT2D eigenvalue weighted by atomic mass is 10.4. The topological polar surface area (TPSA) is 96.2 Å². The number of carbonyl (C=O) groups excluding carboxylic acids is 1. The molecule has 132 valence electrons. The molecule has 4 aromatic rings. The van der Waals surface area contributed by atoms with Gasteiger partial charge in [0.25, 0.3) is 11.8 Å². The third kappa shape index (κ3) is 3.42. The van der Waals surface area contributed by atoms with Gasteiger partial charge in [0.2, 0.25) is 5.76 Å². The molecular formula is C17H14N4O4S. The van der Waals surface area contributed by atoms with E-state index in [1.807, 2.05) is 29.8 Å². The fourth-order valence-corrected chi connectivity index (χ4v) is 2.94. The molecule has 0 saturated carbocycles. The van der Waals surface area contributed by atoms with E-state index in [0.717, 1.165) is 4.88 Å². The van der Waals surface area contributed by atoms with Crippen LogP contribution < -0.4 is 0 Å². The molecule has 0 aliphatic heterocycles. The molecule has 0 saturated heterocycles. The molecular weight excluding hydrogens is 356 g/mol. The summed E-state index contributed by atoms with van der Waals surface area (Å²) in [6.07, 6.45) is 2.79. The molecule has 0 bridgehead atoms. The van der Waals surface area contributed by atoms with Crippen LogP contribution in [0.5, 0.6) is 0 Å². The minimum absolute atomic E-state index is 0.108. The first-order valence-corrected chi connectivity index (χ1v) is 8.71. The zero-order valence-corrected chi connectivity index (χ0v) is 14.5. The molecule has 8 nitrogen and oxygen atoms in total. The quantitative estimate of drug-likeness (QED) is 0.479. The summed E-state index contributed by atoms with van der Waals surface area (Å²) in [7, 11) is 0. The lowest BCUT2D eigenvalue weighted by molar-refractivity contribution is 0.0242. The molecule has 0 amide bonds. The number of furan rings is 1. The lowest BCUT2D eigenvalue weighted by Crippen LogP contribution is -2.09. The van der Waals surface area contributed by atoms with Crippen molar-refractivity contribution in [3.63, 3.8) is 0 Å². The largest absolute Gasteiger partial charge is 0.452 e. The van der Waals surface area contributed by atoms with E-state index in [1.54, 1.807) is 29.9 Å². The molecule has 0 spiro atoms. The van der Waals surface area contributed by atoms with Crippen molar-refractivity contribution in [2.45, 2.75) is 19.6 Å². The van der Waals surface area contributed by atoms with Crippen LogP contribution in [0.15, 0.2) is 56.9 Å². The van der Waals surface area contributed by atoms with E-state index in [-0.39, 0.29) is 11.7 Å². The van der Waals surface area contributed by atoms with Crippen LogP contribution >= 0.6 is 11.3 Å². The van der Waals surface area contributed by atoms with Gasteiger partial charge in [-0.15, -0.1) is 21.5 Å². The summed E-state index contributed by atoms with van der Waals surface area (Å²) in [6, 6.07) is 8.87. The highest BCUT2D eigenvalue weighted by molar-refractivity contribution is 7.13. The first-order valence-electron chi connectivity index (χ1n) is 7.83. The highest BCUT2D eigenvalue weighted by Gasteiger charge is 2.22. The predicted octanol–water partition coefficient (Wildman–Crippen LogP) is 3.55. The van der Waals surface area contributed by atoms with Gasteiger partial charge in [-0.05, 0) is 36.6 Å². The smallest absolute Gasteiger partial charge is 0.375 e. The number of hydrogen-bond donors (Lipinski definition) is 0. The van der Waals surface area contributed by atoms with E-state index < -0.39 is 12.1 Å². The highest BCUT2D eigenvalue weighted by atomic mass is 32.1. The Labute approximate surface area is 152 Å². The zero-order valence-electron chi connectivity index (χ0n) is 13.7. The third-order valence-electron chi connectivity index (χ3n) is 3.54. The zero-order chi connectivity index (χ0) is 17.9. The predicted molar refractivity (Wildman–Crippen MR) is 91.5 cm³/mol. The molecule has 0 aliphatic carbocycles. The molecule has 0 aliphatic rings. The summed E-state index contributed by atoms with van der Waals surface area (Å²) in [5.74, 6) is 0.741. The Kier molecular flexibility index (Phi) is 4.36. The molecule has 4 rings (SSSR count). The van der Waals surface area contributed by atoms with E-state index in [4.69, 9.17) is 13.6 Å². The van der Waals surface area contributed by atoms with Crippen LogP contribution in [0.2, 0.25) is 0 Å². The van der Waals surface area contributed by atoms with Gasteiger partial charge in [-0.1, -0.05) is 6.07 Å². The van der Waals surface area contributed by atoms with Crippen molar-refractivity contribution in [1.82, 2.24) is 20.0 Å². The van der Waals surface area contributed by atoms with Crippen molar-refractivity contribution in [1.29, 1.82) is 0 Å². The molecule has 4 heterocycles. The maximum atomic E-state index is 12.3. The van der Waals surface area contributed by atoms with E-state index in [9.17, 15) is 4.79 Å². The minimum Gasteiger partial charge on any atom is -0.452 e. The molecule has 0 fully saturated rings. The molecule has 0 aromatic carbocycles. The second-order valence-electron chi connectivity index (χ2n) is 5.44. The van der Waals surface area contributed by atoms with Crippen molar-refractivity contribution in [2.24, 2.45) is 0 Å². The number of carbonyl (C=O) groups is 1. The van der Waals surface area contributed by atoms with Gasteiger partial charge < -0.3 is 13.6 Å². The average Bonchev–Trinajstić information content (AvgIpc) is 3.40. The Morgan fingerprint density at radius 2 is 2.19 bits per heavy atom. The van der Waals surface area contributed by atoms with Gasteiger partial charge in [-0.25, -0.2) is 4.79 Å². The lowest BCUT2D eigenvalue weighted by Gasteiger charge is -2.07. The van der Waals surface area contributed by atoms with E-state index >= 15 is 0 Å². The van der Waals surface area contributed by atoms with Gasteiger partial charge in [0.1, 0.15) is 5.76 Å². The number of esters is 1. The fraction of sp³-hybridized carbons (Fsp3) is 0.176. The van der Waals surface area contributed by atoms with Crippen molar-refractivity contribution >= 4 is 17.3 Å². The second-order valence-corrected chi connectivity index (χ2v) is 6.39. The summed E-state index contributed by atoms with van der Waals surface area (Å²) in [6.45, 7) is 2.10. The minimum atomic E-state index is -0.691. The second kappa shape index (κ2) is 6.96. The number of ether oxygens (including phenoxy) is 1. The van der Waals surface area contributed by atoms with E-state index in [1.165, 1.54) is 11.3 Å². The summed E-state index contributed by atoms with van der Waals surface area (Å²) < 4.78 is 18.1. The number of hydrogen-bond acceptors (Lipinski definition) is 8. The maximum absolute atomic E-state index is 12.3. The van der Waals surface area contributed by atoms with Gasteiger partial charge in [-0.3, -0.25) is 4.68 Å². The van der Waals surface area contributed by atoms with Gasteiger partial charge in [0.05, 0.1) is 11.4 Å².